The second kappa shape index (κ2) is 11.5. The molecule has 1 aromatic rings. The third kappa shape index (κ3) is 7.23. The summed E-state index contributed by atoms with van der Waals surface area (Å²) in [4.78, 5) is 25.8. The summed E-state index contributed by atoms with van der Waals surface area (Å²) in [6.07, 6.45) is 0.705. The standard InChI is InChI=1S/C15H21Cl2N3O3.ClH/c1-3-6-20(15(22)12(18)9-23-2)8-14(21)19-13-7-10(16)4-5-11(13)17;/h4-5,7,12H,3,6,8-9,18H2,1-2H3,(H,19,21);1H. The molecule has 6 nitrogen and oxygen atoms in total. The van der Waals surface area contributed by atoms with Crippen LogP contribution in [0.15, 0.2) is 18.2 Å². The number of benzene rings is 1. The van der Waals surface area contributed by atoms with E-state index >= 15 is 0 Å². The fraction of sp³-hybridized carbons (Fsp3) is 0.467. The van der Waals surface area contributed by atoms with Crippen LogP contribution in [0, 0.1) is 0 Å². The Balaban J connectivity index is 0.00000529. The van der Waals surface area contributed by atoms with Gasteiger partial charge in [-0.15, -0.1) is 12.4 Å². The SMILES string of the molecule is CCCN(CC(=O)Nc1cc(Cl)ccc1Cl)C(=O)C(N)COC.Cl. The number of hydrogen-bond donors (Lipinski definition) is 2. The minimum absolute atomic E-state index is 0. The van der Waals surface area contributed by atoms with E-state index in [9.17, 15) is 9.59 Å². The molecular formula is C15H22Cl3N3O3. The summed E-state index contributed by atoms with van der Waals surface area (Å²) < 4.78 is 4.88. The number of nitrogens with zero attached hydrogens (tertiary/aromatic N) is 1. The molecule has 0 saturated heterocycles. The van der Waals surface area contributed by atoms with Gasteiger partial charge in [0.15, 0.2) is 0 Å². The van der Waals surface area contributed by atoms with Crippen LogP contribution in [0.3, 0.4) is 0 Å². The van der Waals surface area contributed by atoms with Crippen LogP contribution in [0.25, 0.3) is 0 Å². The van der Waals surface area contributed by atoms with Crippen molar-refractivity contribution in [1.82, 2.24) is 4.90 Å². The van der Waals surface area contributed by atoms with Crippen LogP contribution in [0.5, 0.6) is 0 Å². The zero-order valence-corrected chi connectivity index (χ0v) is 15.9. The number of nitrogens with one attached hydrogen (secondary N) is 1. The van der Waals surface area contributed by atoms with Crippen LogP contribution in [0.2, 0.25) is 10.0 Å². The van der Waals surface area contributed by atoms with E-state index in [-0.39, 0.29) is 37.4 Å². The molecule has 0 radical (unpaired) electrons. The summed E-state index contributed by atoms with van der Waals surface area (Å²) in [6, 6.07) is 3.96. The molecule has 0 aliphatic rings. The molecule has 2 amide bonds. The largest absolute Gasteiger partial charge is 0.383 e. The molecule has 1 unspecified atom stereocenters. The molecule has 1 aromatic carbocycles. The number of carbonyl (C=O) groups is 2. The summed E-state index contributed by atoms with van der Waals surface area (Å²) in [5.41, 5.74) is 6.14. The molecule has 1 rings (SSSR count). The summed E-state index contributed by atoms with van der Waals surface area (Å²) >= 11 is 11.9. The molecule has 0 bridgehead atoms. The highest BCUT2D eigenvalue weighted by atomic mass is 35.5. The lowest BCUT2D eigenvalue weighted by atomic mass is 10.2. The summed E-state index contributed by atoms with van der Waals surface area (Å²) in [5, 5.41) is 3.46. The summed E-state index contributed by atoms with van der Waals surface area (Å²) in [7, 11) is 1.46. The first kappa shape index (κ1) is 22.9. The maximum atomic E-state index is 12.2. The van der Waals surface area contributed by atoms with E-state index in [0.717, 1.165) is 0 Å². The van der Waals surface area contributed by atoms with E-state index in [2.05, 4.69) is 5.32 Å². The van der Waals surface area contributed by atoms with Crippen LogP contribution in [0.1, 0.15) is 13.3 Å². The fourth-order valence-corrected chi connectivity index (χ4v) is 2.32. The minimum Gasteiger partial charge on any atom is -0.383 e. The normalized spacial score (nSPS) is 11.4. The molecule has 9 heteroatoms. The molecule has 3 N–H and O–H groups in total. The predicted molar refractivity (Wildman–Crippen MR) is 99.1 cm³/mol. The molecule has 0 saturated carbocycles. The van der Waals surface area contributed by atoms with Crippen molar-refractivity contribution < 1.29 is 14.3 Å². The Morgan fingerprint density at radius 1 is 1.38 bits per heavy atom. The zero-order valence-electron chi connectivity index (χ0n) is 13.6. The Morgan fingerprint density at radius 3 is 2.62 bits per heavy atom. The number of carbonyl (C=O) groups excluding carboxylic acids is 2. The Kier molecular flexibility index (Phi) is 11.0. The Bertz CT molecular complexity index is 558. The number of anilines is 1. The highest BCUT2D eigenvalue weighted by molar-refractivity contribution is 6.35. The van der Waals surface area contributed by atoms with Gasteiger partial charge in [-0.2, -0.15) is 0 Å². The lowest BCUT2D eigenvalue weighted by Gasteiger charge is -2.24. The maximum absolute atomic E-state index is 12.2. The third-order valence-corrected chi connectivity index (χ3v) is 3.57. The Morgan fingerprint density at radius 2 is 2.04 bits per heavy atom. The Hall–Kier alpha value is -1.05. The van der Waals surface area contributed by atoms with Crippen molar-refractivity contribution in [1.29, 1.82) is 0 Å². The van der Waals surface area contributed by atoms with Gasteiger partial charge in [0, 0.05) is 18.7 Å². The Labute approximate surface area is 158 Å². The molecule has 0 aromatic heterocycles. The van der Waals surface area contributed by atoms with Gasteiger partial charge in [-0.3, -0.25) is 9.59 Å². The lowest BCUT2D eigenvalue weighted by Crippen LogP contribution is -2.48. The number of halogens is 3. The van der Waals surface area contributed by atoms with Gasteiger partial charge in [-0.25, -0.2) is 0 Å². The van der Waals surface area contributed by atoms with E-state index in [4.69, 9.17) is 33.7 Å². The van der Waals surface area contributed by atoms with E-state index in [1.54, 1.807) is 18.2 Å². The van der Waals surface area contributed by atoms with Gasteiger partial charge in [0.2, 0.25) is 11.8 Å². The number of rotatable bonds is 8. The van der Waals surface area contributed by atoms with Gasteiger partial charge in [-0.1, -0.05) is 30.1 Å². The van der Waals surface area contributed by atoms with Crippen molar-refractivity contribution in [3.8, 4) is 0 Å². The highest BCUT2D eigenvalue weighted by Gasteiger charge is 2.22. The van der Waals surface area contributed by atoms with Crippen molar-refractivity contribution in [2.45, 2.75) is 19.4 Å². The molecule has 1 atom stereocenters. The monoisotopic (exact) mass is 397 g/mol. The number of hydrogen-bond acceptors (Lipinski definition) is 4. The maximum Gasteiger partial charge on any atom is 0.244 e. The van der Waals surface area contributed by atoms with Crippen LogP contribution < -0.4 is 11.1 Å². The molecule has 136 valence electrons. The minimum atomic E-state index is -0.797. The fourth-order valence-electron chi connectivity index (χ4n) is 1.98. The van der Waals surface area contributed by atoms with Gasteiger partial charge in [0.05, 0.1) is 23.9 Å². The van der Waals surface area contributed by atoms with Crippen LogP contribution in [0.4, 0.5) is 5.69 Å². The summed E-state index contributed by atoms with van der Waals surface area (Å²) in [5.74, 6) is -0.707. The highest BCUT2D eigenvalue weighted by Crippen LogP contribution is 2.25. The quantitative estimate of drug-likeness (QED) is 0.705. The lowest BCUT2D eigenvalue weighted by molar-refractivity contribution is -0.136. The van der Waals surface area contributed by atoms with Crippen LogP contribution in [-0.4, -0.2) is 49.6 Å². The molecule has 0 spiro atoms. The molecule has 0 aliphatic carbocycles. The van der Waals surface area contributed by atoms with E-state index in [1.165, 1.54) is 12.0 Å². The first-order valence-electron chi connectivity index (χ1n) is 7.17. The second-order valence-electron chi connectivity index (χ2n) is 4.99. The van der Waals surface area contributed by atoms with Gasteiger partial charge < -0.3 is 20.7 Å². The van der Waals surface area contributed by atoms with Gasteiger partial charge in [0.1, 0.15) is 6.04 Å². The molecule has 24 heavy (non-hydrogen) atoms. The molecule has 0 fully saturated rings. The third-order valence-electron chi connectivity index (χ3n) is 3.01. The van der Waals surface area contributed by atoms with Crippen LogP contribution >= 0.6 is 35.6 Å². The van der Waals surface area contributed by atoms with Crippen molar-refractivity contribution >= 4 is 53.1 Å². The number of methoxy groups -OCH3 is 1. The van der Waals surface area contributed by atoms with Crippen molar-refractivity contribution in [2.24, 2.45) is 5.73 Å². The van der Waals surface area contributed by atoms with Crippen molar-refractivity contribution in [3.05, 3.63) is 28.2 Å². The van der Waals surface area contributed by atoms with E-state index in [1.807, 2.05) is 6.92 Å². The predicted octanol–water partition coefficient (Wildman–Crippen LogP) is 2.57. The topological polar surface area (TPSA) is 84.7 Å². The smallest absolute Gasteiger partial charge is 0.244 e. The summed E-state index contributed by atoms with van der Waals surface area (Å²) in [6.45, 7) is 2.31. The average Bonchev–Trinajstić information content (AvgIpc) is 2.50. The number of nitrogens with two attached hydrogens (primary N) is 1. The van der Waals surface area contributed by atoms with Crippen molar-refractivity contribution in [3.63, 3.8) is 0 Å². The number of ether oxygens (including phenoxy) is 1. The number of amides is 2. The first-order valence-corrected chi connectivity index (χ1v) is 7.92. The molecule has 0 heterocycles. The first-order chi connectivity index (χ1) is 10.9. The van der Waals surface area contributed by atoms with E-state index < -0.39 is 6.04 Å². The van der Waals surface area contributed by atoms with Gasteiger partial charge >= 0.3 is 0 Å². The second-order valence-corrected chi connectivity index (χ2v) is 5.84. The van der Waals surface area contributed by atoms with Gasteiger partial charge in [0.25, 0.3) is 0 Å². The zero-order chi connectivity index (χ0) is 17.4. The average molecular weight is 399 g/mol. The van der Waals surface area contributed by atoms with Crippen molar-refractivity contribution in [2.75, 3.05) is 32.1 Å². The van der Waals surface area contributed by atoms with Crippen LogP contribution in [-0.2, 0) is 14.3 Å². The molecular weight excluding hydrogens is 377 g/mol. The van der Waals surface area contributed by atoms with E-state index in [0.29, 0.717) is 28.7 Å². The van der Waals surface area contributed by atoms with Gasteiger partial charge in [-0.05, 0) is 24.6 Å². The molecule has 0 aliphatic heterocycles.